The van der Waals surface area contributed by atoms with Gasteiger partial charge in [0, 0.05) is 32.6 Å². The van der Waals surface area contributed by atoms with Gasteiger partial charge in [-0.2, -0.15) is 0 Å². The second-order valence-corrected chi connectivity index (χ2v) is 7.16. The molecule has 0 spiro atoms. The molecule has 1 saturated heterocycles. The van der Waals surface area contributed by atoms with Crippen LogP contribution in [0.25, 0.3) is 0 Å². The molecule has 2 heterocycles. The largest absolute Gasteiger partial charge is 0.338 e. The van der Waals surface area contributed by atoms with Gasteiger partial charge in [0.15, 0.2) is 5.78 Å². The van der Waals surface area contributed by atoms with Gasteiger partial charge in [0.25, 0.3) is 0 Å². The van der Waals surface area contributed by atoms with Crippen molar-refractivity contribution < 1.29 is 4.79 Å². The lowest BCUT2D eigenvalue weighted by molar-refractivity contribution is 0.0962. The molecule has 1 aliphatic carbocycles. The molecule has 4 rings (SSSR count). The summed E-state index contributed by atoms with van der Waals surface area (Å²) in [5.41, 5.74) is 3.73. The van der Waals surface area contributed by atoms with E-state index in [0.29, 0.717) is 6.42 Å². The van der Waals surface area contributed by atoms with Crippen LogP contribution >= 0.6 is 0 Å². The number of hydrogen-bond acceptors (Lipinski definition) is 5. The van der Waals surface area contributed by atoms with Gasteiger partial charge in [-0.3, -0.25) is 4.79 Å². The fourth-order valence-corrected chi connectivity index (χ4v) is 3.87. The van der Waals surface area contributed by atoms with Crippen LogP contribution in [0.5, 0.6) is 0 Å². The Balaban J connectivity index is 1.66. The number of benzene rings is 1. The lowest BCUT2D eigenvalue weighted by Gasteiger charge is -2.33. The van der Waals surface area contributed by atoms with Crippen molar-refractivity contribution >= 4 is 11.7 Å². The van der Waals surface area contributed by atoms with E-state index < -0.39 is 0 Å². The number of hydrogen-bond donors (Lipinski definition) is 0. The Labute approximate surface area is 148 Å². The smallest absolute Gasteiger partial charge is 0.225 e. The first-order chi connectivity index (χ1) is 12.1. The van der Waals surface area contributed by atoms with E-state index in [1.54, 1.807) is 0 Å². The highest BCUT2D eigenvalue weighted by molar-refractivity contribution is 5.99. The van der Waals surface area contributed by atoms with E-state index in [-0.39, 0.29) is 11.7 Å². The summed E-state index contributed by atoms with van der Waals surface area (Å²) in [7, 11) is 2.14. The number of Topliss-reactive ketones (excluding diaryl/α,β-unsaturated/α-hetero) is 1. The van der Waals surface area contributed by atoms with E-state index >= 15 is 0 Å². The van der Waals surface area contributed by atoms with Gasteiger partial charge in [0.2, 0.25) is 5.95 Å². The van der Waals surface area contributed by atoms with E-state index in [1.807, 2.05) is 25.1 Å². The van der Waals surface area contributed by atoms with Crippen LogP contribution < -0.4 is 4.90 Å². The van der Waals surface area contributed by atoms with Crippen molar-refractivity contribution in [2.75, 3.05) is 38.1 Å². The maximum atomic E-state index is 12.7. The van der Waals surface area contributed by atoms with Crippen molar-refractivity contribution in [3.05, 3.63) is 52.8 Å². The number of piperazine rings is 1. The third-order valence-electron chi connectivity index (χ3n) is 5.36. The molecule has 130 valence electrons. The molecule has 1 unspecified atom stereocenters. The summed E-state index contributed by atoms with van der Waals surface area (Å²) in [4.78, 5) is 26.8. The summed E-state index contributed by atoms with van der Waals surface area (Å²) in [5.74, 6) is 1.18. The first-order valence-corrected chi connectivity index (χ1v) is 9.01. The lowest BCUT2D eigenvalue weighted by atomic mass is 9.81. The molecular weight excluding hydrogens is 312 g/mol. The van der Waals surface area contributed by atoms with Crippen molar-refractivity contribution in [1.29, 1.82) is 0 Å². The first kappa shape index (κ1) is 16.2. The summed E-state index contributed by atoms with van der Waals surface area (Å²) < 4.78 is 0. The van der Waals surface area contributed by atoms with Gasteiger partial charge in [-0.25, -0.2) is 9.97 Å². The Bertz CT molecular complexity index is 782. The van der Waals surface area contributed by atoms with E-state index in [1.165, 1.54) is 5.56 Å². The normalized spacial score (nSPS) is 21.3. The van der Waals surface area contributed by atoms with Crippen LogP contribution in [0.2, 0.25) is 0 Å². The minimum Gasteiger partial charge on any atom is -0.338 e. The summed E-state index contributed by atoms with van der Waals surface area (Å²) in [6.45, 7) is 5.85. The number of likely N-dealkylation sites (N-methyl/N-ethyl adjacent to an activating group) is 1. The van der Waals surface area contributed by atoms with Crippen LogP contribution in [0.1, 0.15) is 39.6 Å². The molecule has 1 aliphatic heterocycles. The van der Waals surface area contributed by atoms with Crippen molar-refractivity contribution in [3.63, 3.8) is 0 Å². The maximum Gasteiger partial charge on any atom is 0.225 e. The Kier molecular flexibility index (Phi) is 4.25. The fourth-order valence-electron chi connectivity index (χ4n) is 3.87. The molecule has 5 heteroatoms. The molecule has 0 N–H and O–H groups in total. The Morgan fingerprint density at radius 1 is 1.00 bits per heavy atom. The minimum atomic E-state index is 0.178. The molecule has 5 nitrogen and oxygen atoms in total. The van der Waals surface area contributed by atoms with Crippen molar-refractivity contribution in [3.8, 4) is 0 Å². The second-order valence-electron chi connectivity index (χ2n) is 7.16. The van der Waals surface area contributed by atoms with Crippen LogP contribution in [0.4, 0.5) is 5.95 Å². The Hall–Kier alpha value is -2.27. The number of carbonyl (C=O) groups is 1. The number of nitrogens with zero attached hydrogens (tertiary/aromatic N) is 4. The highest BCUT2D eigenvalue weighted by Gasteiger charge is 2.30. The van der Waals surface area contributed by atoms with E-state index in [0.717, 1.165) is 55.5 Å². The standard InChI is InChI=1S/C20H24N4O/c1-14-19-17(22-20(21-14)24-10-8-23(2)9-11-24)12-16(13-18(19)25)15-6-4-3-5-7-15/h3-7,16H,8-13H2,1-2H3. The quantitative estimate of drug-likeness (QED) is 0.843. The predicted molar refractivity (Wildman–Crippen MR) is 98.3 cm³/mol. The molecule has 0 bridgehead atoms. The molecule has 1 aromatic carbocycles. The molecule has 0 radical (unpaired) electrons. The van der Waals surface area contributed by atoms with Gasteiger partial charge in [-0.05, 0) is 31.9 Å². The number of anilines is 1. The summed E-state index contributed by atoms with van der Waals surface area (Å²) in [6, 6.07) is 10.3. The van der Waals surface area contributed by atoms with Crippen molar-refractivity contribution in [1.82, 2.24) is 14.9 Å². The SMILES string of the molecule is Cc1nc(N2CCN(C)CC2)nc2c1C(=O)CC(c1ccccc1)C2. The van der Waals surface area contributed by atoms with Gasteiger partial charge in [0.05, 0.1) is 17.0 Å². The maximum absolute atomic E-state index is 12.7. The van der Waals surface area contributed by atoms with Crippen molar-refractivity contribution in [2.45, 2.75) is 25.7 Å². The molecule has 2 aliphatic rings. The zero-order valence-corrected chi connectivity index (χ0v) is 14.9. The third kappa shape index (κ3) is 3.16. The average Bonchev–Trinajstić information content (AvgIpc) is 2.62. The summed E-state index contributed by atoms with van der Waals surface area (Å²) in [6.07, 6.45) is 1.37. The number of aromatic nitrogens is 2. The van der Waals surface area contributed by atoms with E-state index in [9.17, 15) is 4.79 Å². The molecule has 0 amide bonds. The fraction of sp³-hybridized carbons (Fsp3) is 0.450. The zero-order chi connectivity index (χ0) is 17.4. The predicted octanol–water partition coefficient (Wildman–Crippen LogP) is 2.45. The van der Waals surface area contributed by atoms with Gasteiger partial charge in [-0.1, -0.05) is 30.3 Å². The van der Waals surface area contributed by atoms with Gasteiger partial charge < -0.3 is 9.80 Å². The van der Waals surface area contributed by atoms with Crippen LogP contribution in [0.3, 0.4) is 0 Å². The lowest BCUT2D eigenvalue weighted by Crippen LogP contribution is -2.45. The first-order valence-electron chi connectivity index (χ1n) is 9.01. The Morgan fingerprint density at radius 3 is 2.44 bits per heavy atom. The molecule has 0 saturated carbocycles. The molecular formula is C20H24N4O. The Morgan fingerprint density at radius 2 is 1.72 bits per heavy atom. The topological polar surface area (TPSA) is 49.3 Å². The number of aryl methyl sites for hydroxylation is 1. The number of carbonyl (C=O) groups excluding carboxylic acids is 1. The highest BCUT2D eigenvalue weighted by Crippen LogP contribution is 2.33. The molecule has 1 fully saturated rings. The van der Waals surface area contributed by atoms with Gasteiger partial charge in [0.1, 0.15) is 0 Å². The van der Waals surface area contributed by atoms with Gasteiger partial charge in [-0.15, -0.1) is 0 Å². The number of ketones is 1. The highest BCUT2D eigenvalue weighted by atomic mass is 16.1. The van der Waals surface area contributed by atoms with E-state index in [4.69, 9.17) is 4.98 Å². The molecule has 2 aromatic rings. The molecule has 1 aromatic heterocycles. The number of rotatable bonds is 2. The number of fused-ring (bicyclic) bond motifs is 1. The monoisotopic (exact) mass is 336 g/mol. The van der Waals surface area contributed by atoms with E-state index in [2.05, 4.69) is 34.0 Å². The third-order valence-corrected chi connectivity index (χ3v) is 5.36. The average molecular weight is 336 g/mol. The summed E-state index contributed by atoms with van der Waals surface area (Å²) in [5, 5.41) is 0. The van der Waals surface area contributed by atoms with Crippen LogP contribution in [0.15, 0.2) is 30.3 Å². The minimum absolute atomic E-state index is 0.178. The van der Waals surface area contributed by atoms with Gasteiger partial charge >= 0.3 is 0 Å². The van der Waals surface area contributed by atoms with Crippen LogP contribution in [0, 0.1) is 6.92 Å². The zero-order valence-electron chi connectivity index (χ0n) is 14.9. The van der Waals surface area contributed by atoms with Crippen LogP contribution in [-0.2, 0) is 6.42 Å². The molecule has 25 heavy (non-hydrogen) atoms. The van der Waals surface area contributed by atoms with Crippen molar-refractivity contribution in [2.24, 2.45) is 0 Å². The van der Waals surface area contributed by atoms with Crippen LogP contribution in [-0.4, -0.2) is 53.9 Å². The second kappa shape index (κ2) is 6.56. The summed E-state index contributed by atoms with van der Waals surface area (Å²) >= 11 is 0. The molecule has 1 atom stereocenters.